The first-order chi connectivity index (χ1) is 6.90. The lowest BCUT2D eigenvalue weighted by molar-refractivity contribution is 0.0418. The number of halogens is 1. The molecule has 4 nitrogen and oxygen atoms in total. The topological polar surface area (TPSA) is 58.6 Å². The number of fused-ring (bicyclic) bond motifs is 1. The number of phenols is 1. The molecule has 1 amide bonds. The van der Waals surface area contributed by atoms with Gasteiger partial charge in [-0.15, -0.1) is 0 Å². The molecule has 0 radical (unpaired) electrons. The first-order valence-electron chi connectivity index (χ1n) is 4.43. The molecule has 1 aromatic rings. The number of rotatable bonds is 0. The summed E-state index contributed by atoms with van der Waals surface area (Å²) in [7, 11) is 0. The van der Waals surface area contributed by atoms with Gasteiger partial charge in [0.2, 0.25) is 0 Å². The molecule has 15 heavy (non-hydrogen) atoms. The summed E-state index contributed by atoms with van der Waals surface area (Å²) in [6.07, 6.45) is -0.519. The van der Waals surface area contributed by atoms with Gasteiger partial charge in [0, 0.05) is 5.56 Å². The highest BCUT2D eigenvalue weighted by molar-refractivity contribution is 6.32. The normalized spacial score (nSPS) is 17.7. The van der Waals surface area contributed by atoms with E-state index in [2.05, 4.69) is 5.32 Å². The molecule has 2 rings (SSSR count). The highest BCUT2D eigenvalue weighted by atomic mass is 35.5. The van der Waals surface area contributed by atoms with Gasteiger partial charge in [-0.05, 0) is 26.0 Å². The minimum absolute atomic E-state index is 0.0248. The molecule has 1 aliphatic heterocycles. The molecule has 0 spiro atoms. The second-order valence-corrected chi connectivity index (χ2v) is 4.28. The Kier molecular flexibility index (Phi) is 2.04. The number of anilines is 1. The Morgan fingerprint density at radius 1 is 1.47 bits per heavy atom. The van der Waals surface area contributed by atoms with Gasteiger partial charge in [-0.2, -0.15) is 0 Å². The van der Waals surface area contributed by atoms with Crippen molar-refractivity contribution in [1.29, 1.82) is 0 Å². The monoisotopic (exact) mass is 227 g/mol. The second kappa shape index (κ2) is 3.03. The molecule has 1 heterocycles. The van der Waals surface area contributed by atoms with Gasteiger partial charge < -0.3 is 9.84 Å². The van der Waals surface area contributed by atoms with Gasteiger partial charge in [0.05, 0.1) is 10.7 Å². The van der Waals surface area contributed by atoms with Crippen molar-refractivity contribution in [1.82, 2.24) is 0 Å². The second-order valence-electron chi connectivity index (χ2n) is 3.87. The number of hydrogen-bond donors (Lipinski definition) is 2. The van der Waals surface area contributed by atoms with Crippen LogP contribution in [0.2, 0.25) is 5.02 Å². The third kappa shape index (κ3) is 1.61. The minimum Gasteiger partial charge on any atom is -0.506 e. The molecule has 80 valence electrons. The summed E-state index contributed by atoms with van der Waals surface area (Å²) in [6, 6.07) is 3.01. The maximum Gasteiger partial charge on any atom is 0.412 e. The van der Waals surface area contributed by atoms with Crippen molar-refractivity contribution < 1.29 is 14.6 Å². The Hall–Kier alpha value is -1.42. The lowest BCUT2D eigenvalue weighted by Crippen LogP contribution is -2.34. The fourth-order valence-electron chi connectivity index (χ4n) is 1.59. The van der Waals surface area contributed by atoms with E-state index in [-0.39, 0.29) is 10.8 Å². The quantitative estimate of drug-likeness (QED) is 0.670. The lowest BCUT2D eigenvalue weighted by atomic mass is 9.94. The third-order valence-electron chi connectivity index (χ3n) is 2.32. The fourth-order valence-corrected chi connectivity index (χ4v) is 1.75. The Balaban J connectivity index is 2.62. The Morgan fingerprint density at radius 3 is 2.80 bits per heavy atom. The van der Waals surface area contributed by atoms with Crippen LogP contribution in [0, 0.1) is 0 Å². The van der Waals surface area contributed by atoms with E-state index in [9.17, 15) is 9.90 Å². The first kappa shape index (κ1) is 10.1. The number of aromatic hydroxyl groups is 1. The van der Waals surface area contributed by atoms with Gasteiger partial charge in [0.1, 0.15) is 11.4 Å². The van der Waals surface area contributed by atoms with Crippen LogP contribution in [0.25, 0.3) is 0 Å². The van der Waals surface area contributed by atoms with Gasteiger partial charge >= 0.3 is 6.09 Å². The van der Waals surface area contributed by atoms with E-state index < -0.39 is 11.7 Å². The summed E-state index contributed by atoms with van der Waals surface area (Å²) >= 11 is 5.74. The summed E-state index contributed by atoms with van der Waals surface area (Å²) in [6.45, 7) is 3.50. The number of carbonyl (C=O) groups excluding carboxylic acids is 1. The molecule has 1 aliphatic rings. The molecule has 0 saturated heterocycles. The van der Waals surface area contributed by atoms with Crippen LogP contribution in [0.1, 0.15) is 19.4 Å². The van der Waals surface area contributed by atoms with E-state index in [1.165, 1.54) is 12.1 Å². The van der Waals surface area contributed by atoms with Gasteiger partial charge in [-0.1, -0.05) is 11.6 Å². The SMILES string of the molecule is CC1(C)OC(=O)Nc2cc(Cl)c(O)cc21. The molecule has 5 heteroatoms. The average molecular weight is 228 g/mol. The smallest absolute Gasteiger partial charge is 0.412 e. The third-order valence-corrected chi connectivity index (χ3v) is 2.62. The zero-order chi connectivity index (χ0) is 11.2. The molecule has 1 aromatic carbocycles. The molecular formula is C10H10ClNO3. The van der Waals surface area contributed by atoms with Crippen LogP contribution < -0.4 is 5.32 Å². The van der Waals surface area contributed by atoms with E-state index in [0.29, 0.717) is 11.3 Å². The molecular weight excluding hydrogens is 218 g/mol. The standard InChI is InChI=1S/C10H10ClNO3/c1-10(2)5-3-8(13)6(11)4-7(5)12-9(14)15-10/h3-4,13H,1-2H3,(H,12,14). The van der Waals surface area contributed by atoms with Crippen molar-refractivity contribution >= 4 is 23.4 Å². The molecule has 0 aliphatic carbocycles. The maximum atomic E-state index is 11.2. The molecule has 0 unspecified atom stereocenters. The molecule has 0 atom stereocenters. The predicted molar refractivity (Wildman–Crippen MR) is 56.2 cm³/mol. The summed E-state index contributed by atoms with van der Waals surface area (Å²) in [5.41, 5.74) is 0.503. The number of nitrogens with one attached hydrogen (secondary N) is 1. The van der Waals surface area contributed by atoms with Crippen LogP contribution in [0.5, 0.6) is 5.75 Å². The lowest BCUT2D eigenvalue weighted by Gasteiger charge is -2.32. The maximum absolute atomic E-state index is 11.2. The number of hydrogen-bond acceptors (Lipinski definition) is 3. The summed E-state index contributed by atoms with van der Waals surface area (Å²) < 4.78 is 5.09. The van der Waals surface area contributed by atoms with Crippen LogP contribution in [0.15, 0.2) is 12.1 Å². The van der Waals surface area contributed by atoms with E-state index in [1.807, 2.05) is 0 Å². The molecule has 0 fully saturated rings. The van der Waals surface area contributed by atoms with Crippen LogP contribution in [-0.4, -0.2) is 11.2 Å². The van der Waals surface area contributed by atoms with Gasteiger partial charge in [0.15, 0.2) is 0 Å². The zero-order valence-electron chi connectivity index (χ0n) is 8.30. The summed E-state index contributed by atoms with van der Waals surface area (Å²) in [4.78, 5) is 11.2. The average Bonchev–Trinajstić information content (AvgIpc) is 2.07. The number of cyclic esters (lactones) is 1. The number of ether oxygens (including phenoxy) is 1. The van der Waals surface area contributed by atoms with Crippen molar-refractivity contribution in [3.8, 4) is 5.75 Å². The van der Waals surface area contributed by atoms with Crippen LogP contribution in [0.4, 0.5) is 10.5 Å². The molecule has 2 N–H and O–H groups in total. The largest absolute Gasteiger partial charge is 0.506 e. The van der Waals surface area contributed by atoms with Crippen molar-refractivity contribution in [2.45, 2.75) is 19.4 Å². The van der Waals surface area contributed by atoms with Gasteiger partial charge in [0.25, 0.3) is 0 Å². The van der Waals surface area contributed by atoms with E-state index in [4.69, 9.17) is 16.3 Å². The molecule has 0 aromatic heterocycles. The van der Waals surface area contributed by atoms with Gasteiger partial charge in [-0.3, -0.25) is 5.32 Å². The van der Waals surface area contributed by atoms with Crippen LogP contribution >= 0.6 is 11.6 Å². The Bertz CT molecular complexity index is 443. The van der Waals surface area contributed by atoms with Crippen LogP contribution in [-0.2, 0) is 10.3 Å². The highest BCUT2D eigenvalue weighted by Crippen LogP contribution is 2.40. The molecule has 0 saturated carbocycles. The van der Waals surface area contributed by atoms with Gasteiger partial charge in [-0.25, -0.2) is 4.79 Å². The van der Waals surface area contributed by atoms with E-state index in [0.717, 1.165) is 0 Å². The minimum atomic E-state index is -0.764. The predicted octanol–water partition coefficient (Wildman–Crippen LogP) is 2.84. The zero-order valence-corrected chi connectivity index (χ0v) is 9.05. The Labute approximate surface area is 91.8 Å². The van der Waals surface area contributed by atoms with Crippen molar-refractivity contribution in [3.63, 3.8) is 0 Å². The van der Waals surface area contributed by atoms with Crippen LogP contribution in [0.3, 0.4) is 0 Å². The number of phenolic OH excluding ortho intramolecular Hbond substituents is 1. The van der Waals surface area contributed by atoms with E-state index >= 15 is 0 Å². The fraction of sp³-hybridized carbons (Fsp3) is 0.300. The number of carbonyl (C=O) groups is 1. The summed E-state index contributed by atoms with van der Waals surface area (Å²) in [5.74, 6) is -0.0248. The van der Waals surface area contributed by atoms with Crippen molar-refractivity contribution in [2.24, 2.45) is 0 Å². The summed E-state index contributed by atoms with van der Waals surface area (Å²) in [5, 5.41) is 12.2. The number of benzene rings is 1. The van der Waals surface area contributed by atoms with Crippen molar-refractivity contribution in [3.05, 3.63) is 22.7 Å². The molecule has 0 bridgehead atoms. The highest BCUT2D eigenvalue weighted by Gasteiger charge is 2.34. The number of amides is 1. The first-order valence-corrected chi connectivity index (χ1v) is 4.81. The van der Waals surface area contributed by atoms with Crippen molar-refractivity contribution in [2.75, 3.05) is 5.32 Å². The Morgan fingerprint density at radius 2 is 2.13 bits per heavy atom. The van der Waals surface area contributed by atoms with E-state index in [1.54, 1.807) is 13.8 Å².